The molecule has 0 spiro atoms. The molecular formula is C32H33N3O4S. The summed E-state index contributed by atoms with van der Waals surface area (Å²) in [7, 11) is -3.73. The molecule has 0 unspecified atom stereocenters. The smallest absolute Gasteiger partial charge is 0.261 e. The second-order valence-corrected chi connectivity index (χ2v) is 11.6. The first-order chi connectivity index (χ1) is 19.4. The van der Waals surface area contributed by atoms with Gasteiger partial charge >= 0.3 is 0 Å². The van der Waals surface area contributed by atoms with Crippen molar-refractivity contribution in [2.24, 2.45) is 0 Å². The molecule has 4 aromatic carbocycles. The Balaban J connectivity index is 1.15. The molecule has 8 heteroatoms. The van der Waals surface area contributed by atoms with E-state index in [2.05, 4.69) is 58.2 Å². The average molecular weight is 556 g/mol. The predicted octanol–water partition coefficient (Wildman–Crippen LogP) is 5.11. The fourth-order valence-electron chi connectivity index (χ4n) is 4.90. The van der Waals surface area contributed by atoms with Gasteiger partial charge in [0, 0.05) is 31.9 Å². The van der Waals surface area contributed by atoms with E-state index in [1.54, 1.807) is 24.3 Å². The second kappa shape index (κ2) is 12.4. The summed E-state index contributed by atoms with van der Waals surface area (Å²) in [6.07, 6.45) is 0. The number of nitrogens with one attached hydrogen (secondary N) is 1. The highest BCUT2D eigenvalue weighted by Gasteiger charge is 2.28. The molecule has 0 saturated carbocycles. The summed E-state index contributed by atoms with van der Waals surface area (Å²) in [5.74, 6) is 0.350. The van der Waals surface area contributed by atoms with Crippen LogP contribution in [0.3, 0.4) is 0 Å². The number of ether oxygens (including phenoxy) is 1. The van der Waals surface area contributed by atoms with Crippen LogP contribution in [0, 0.1) is 6.92 Å². The number of aryl methyl sites for hydroxylation is 1. The third kappa shape index (κ3) is 6.70. The number of sulfonamides is 1. The maximum Gasteiger partial charge on any atom is 0.261 e. The Labute approximate surface area is 236 Å². The van der Waals surface area contributed by atoms with Gasteiger partial charge in [-0.05, 0) is 54.4 Å². The Morgan fingerprint density at radius 2 is 1.32 bits per heavy atom. The molecule has 206 valence electrons. The molecule has 0 aromatic heterocycles. The third-order valence-electron chi connectivity index (χ3n) is 7.06. The first kappa shape index (κ1) is 27.4. The number of piperazine rings is 1. The summed E-state index contributed by atoms with van der Waals surface area (Å²) < 4.78 is 33.7. The van der Waals surface area contributed by atoms with Gasteiger partial charge < -0.3 is 9.64 Å². The van der Waals surface area contributed by atoms with E-state index in [1.807, 2.05) is 36.1 Å². The molecule has 4 aromatic rings. The van der Waals surface area contributed by atoms with Crippen LogP contribution in [-0.2, 0) is 14.8 Å². The number of carbonyl (C=O) groups is 1. The van der Waals surface area contributed by atoms with Crippen LogP contribution >= 0.6 is 0 Å². The fraction of sp³-hybridized carbons (Fsp3) is 0.219. The number of amides is 1. The summed E-state index contributed by atoms with van der Waals surface area (Å²) in [4.78, 5) is 17.3. The van der Waals surface area contributed by atoms with Crippen LogP contribution < -0.4 is 9.46 Å². The number of anilines is 1. The lowest BCUT2D eigenvalue weighted by Gasteiger charge is -2.39. The third-order valence-corrected chi connectivity index (χ3v) is 8.46. The topological polar surface area (TPSA) is 78.9 Å². The predicted molar refractivity (Wildman–Crippen MR) is 157 cm³/mol. The van der Waals surface area contributed by atoms with Crippen LogP contribution in [0.15, 0.2) is 114 Å². The molecule has 0 aliphatic carbocycles. The number of nitrogens with zero attached hydrogens (tertiary/aromatic N) is 2. The van der Waals surface area contributed by atoms with Crippen LogP contribution in [0.2, 0.25) is 0 Å². The normalized spacial score (nSPS) is 14.2. The SMILES string of the molecule is Cc1ccc(NS(=O)(=O)c2ccc(OCC(=O)N3CCN(C(c4ccccc4)c4ccccc4)CC3)cc2)cc1. The lowest BCUT2D eigenvalue weighted by molar-refractivity contribution is -0.135. The van der Waals surface area contributed by atoms with E-state index < -0.39 is 10.0 Å². The van der Waals surface area contributed by atoms with Gasteiger partial charge in [-0.15, -0.1) is 0 Å². The fourth-order valence-corrected chi connectivity index (χ4v) is 5.96. The molecule has 1 saturated heterocycles. The zero-order valence-corrected chi connectivity index (χ0v) is 23.3. The van der Waals surface area contributed by atoms with Crippen molar-refractivity contribution in [2.75, 3.05) is 37.5 Å². The minimum Gasteiger partial charge on any atom is -0.484 e. The maximum atomic E-state index is 12.9. The van der Waals surface area contributed by atoms with Crippen molar-refractivity contribution in [1.82, 2.24) is 9.80 Å². The van der Waals surface area contributed by atoms with Crippen molar-refractivity contribution < 1.29 is 17.9 Å². The van der Waals surface area contributed by atoms with Crippen molar-refractivity contribution in [1.29, 1.82) is 0 Å². The average Bonchev–Trinajstić information content (AvgIpc) is 2.99. The van der Waals surface area contributed by atoms with Crippen LogP contribution in [0.4, 0.5) is 5.69 Å². The number of carbonyl (C=O) groups excluding carboxylic acids is 1. The quantitative estimate of drug-likeness (QED) is 0.311. The molecule has 1 amide bonds. The molecule has 7 nitrogen and oxygen atoms in total. The first-order valence-corrected chi connectivity index (χ1v) is 14.8. The van der Waals surface area contributed by atoms with Gasteiger partial charge in [0.2, 0.25) is 0 Å². The van der Waals surface area contributed by atoms with Gasteiger partial charge in [-0.2, -0.15) is 0 Å². The molecule has 0 radical (unpaired) electrons. The van der Waals surface area contributed by atoms with E-state index >= 15 is 0 Å². The minimum atomic E-state index is -3.73. The van der Waals surface area contributed by atoms with Gasteiger partial charge in [-0.3, -0.25) is 14.4 Å². The number of hydrogen-bond donors (Lipinski definition) is 1. The zero-order chi connectivity index (χ0) is 28.0. The van der Waals surface area contributed by atoms with Gasteiger partial charge in [0.25, 0.3) is 15.9 Å². The van der Waals surface area contributed by atoms with Gasteiger partial charge in [0.05, 0.1) is 10.9 Å². The Kier molecular flexibility index (Phi) is 8.48. The van der Waals surface area contributed by atoms with E-state index in [4.69, 9.17) is 4.74 Å². The Morgan fingerprint density at radius 1 is 0.775 bits per heavy atom. The molecule has 1 aliphatic heterocycles. The minimum absolute atomic E-state index is 0.0895. The molecule has 1 N–H and O–H groups in total. The summed E-state index contributed by atoms with van der Waals surface area (Å²) in [5, 5.41) is 0. The van der Waals surface area contributed by atoms with Crippen LogP contribution in [-0.4, -0.2) is 56.9 Å². The van der Waals surface area contributed by atoms with E-state index in [0.717, 1.165) is 18.7 Å². The monoisotopic (exact) mass is 555 g/mol. The molecule has 5 rings (SSSR count). The second-order valence-electron chi connectivity index (χ2n) is 9.87. The van der Waals surface area contributed by atoms with Crippen molar-refractivity contribution in [3.05, 3.63) is 126 Å². The van der Waals surface area contributed by atoms with Crippen molar-refractivity contribution in [2.45, 2.75) is 17.9 Å². The van der Waals surface area contributed by atoms with E-state index in [9.17, 15) is 13.2 Å². The molecule has 0 atom stereocenters. The molecule has 0 bridgehead atoms. The van der Waals surface area contributed by atoms with E-state index in [-0.39, 0.29) is 23.5 Å². The van der Waals surface area contributed by atoms with E-state index in [1.165, 1.54) is 23.3 Å². The van der Waals surface area contributed by atoms with Crippen LogP contribution in [0.5, 0.6) is 5.75 Å². The largest absolute Gasteiger partial charge is 0.484 e. The Morgan fingerprint density at radius 3 is 1.88 bits per heavy atom. The van der Waals surface area contributed by atoms with Crippen LogP contribution in [0.1, 0.15) is 22.7 Å². The van der Waals surface area contributed by atoms with Crippen molar-refractivity contribution in [3.63, 3.8) is 0 Å². The molecule has 40 heavy (non-hydrogen) atoms. The first-order valence-electron chi connectivity index (χ1n) is 13.3. The van der Waals surface area contributed by atoms with Gasteiger partial charge in [-0.25, -0.2) is 8.42 Å². The Hall–Kier alpha value is -4.14. The number of rotatable bonds is 9. The standard InChI is InChI=1S/C32H33N3O4S/c1-25-12-14-28(15-13-25)33-40(37,38)30-18-16-29(17-19-30)39-24-31(36)34-20-22-35(23-21-34)32(26-8-4-2-5-9-26)27-10-6-3-7-11-27/h2-19,32-33H,20-24H2,1H3. The molecule has 1 heterocycles. The van der Waals surface area contributed by atoms with Crippen molar-refractivity contribution >= 4 is 21.6 Å². The summed E-state index contributed by atoms with van der Waals surface area (Å²) in [6.45, 7) is 4.56. The Bertz CT molecular complexity index is 1460. The molecule has 1 aliphatic rings. The summed E-state index contributed by atoms with van der Waals surface area (Å²) >= 11 is 0. The van der Waals surface area contributed by atoms with E-state index in [0.29, 0.717) is 24.5 Å². The van der Waals surface area contributed by atoms with Crippen molar-refractivity contribution in [3.8, 4) is 5.75 Å². The van der Waals surface area contributed by atoms with Crippen LogP contribution in [0.25, 0.3) is 0 Å². The lowest BCUT2D eigenvalue weighted by Crippen LogP contribution is -2.51. The highest BCUT2D eigenvalue weighted by Crippen LogP contribution is 2.29. The number of hydrogen-bond acceptors (Lipinski definition) is 5. The lowest BCUT2D eigenvalue weighted by atomic mass is 9.96. The highest BCUT2D eigenvalue weighted by molar-refractivity contribution is 7.92. The maximum absolute atomic E-state index is 12.9. The number of benzene rings is 4. The van der Waals surface area contributed by atoms with Gasteiger partial charge in [0.1, 0.15) is 5.75 Å². The summed E-state index contributed by atoms with van der Waals surface area (Å²) in [5.41, 5.74) is 4.01. The highest BCUT2D eigenvalue weighted by atomic mass is 32.2. The summed E-state index contributed by atoms with van der Waals surface area (Å²) in [6, 6.07) is 34.2. The van der Waals surface area contributed by atoms with Gasteiger partial charge in [-0.1, -0.05) is 78.4 Å². The zero-order valence-electron chi connectivity index (χ0n) is 22.4. The van der Waals surface area contributed by atoms with Gasteiger partial charge in [0.15, 0.2) is 6.61 Å². The molecular weight excluding hydrogens is 522 g/mol. The molecule has 1 fully saturated rings.